The first-order valence-electron chi connectivity index (χ1n) is 12.7. The van der Waals surface area contributed by atoms with Crippen LogP contribution in [-0.4, -0.2) is 49.2 Å². The van der Waals surface area contributed by atoms with Crippen molar-refractivity contribution in [2.24, 2.45) is 0 Å². The zero-order chi connectivity index (χ0) is 28.5. The van der Waals surface area contributed by atoms with Crippen LogP contribution in [0.15, 0.2) is 30.6 Å². The van der Waals surface area contributed by atoms with E-state index in [9.17, 15) is 23.2 Å². The number of anilines is 1. The second kappa shape index (κ2) is 10.6. The van der Waals surface area contributed by atoms with Crippen molar-refractivity contribution in [1.29, 1.82) is 5.26 Å². The van der Waals surface area contributed by atoms with Gasteiger partial charge in [0.05, 0.1) is 24.3 Å². The van der Waals surface area contributed by atoms with E-state index in [1.54, 1.807) is 28.8 Å². The first-order valence-corrected chi connectivity index (χ1v) is 12.7. The Kier molecular flexibility index (Phi) is 7.63. The van der Waals surface area contributed by atoms with Crippen molar-refractivity contribution in [1.82, 2.24) is 24.5 Å². The lowest BCUT2D eigenvalue weighted by molar-refractivity contribution is -0.137. The highest BCUT2D eigenvalue weighted by Gasteiger charge is 2.31. The standard InChI is InChI=1S/C27H32F3N7O2/c1-17-10-18(12-20(11-17)27(28,29)30)15-36-16-19(14-33-36)23-22(13-31)24(32)37(34-23)21-6-5-8-35(9-7-21)25(38)39-26(2,3)4/h10-12,14,16,21H,5-9,15,32H2,1-4H3/t21-/m0/s1. The SMILES string of the molecule is Cc1cc(Cn2cc(-c3nn([C@H]4CCCN(C(=O)OC(C)(C)C)CC4)c(N)c3C#N)cn2)cc(C(F)(F)F)c1. The molecule has 1 aliphatic rings. The number of ether oxygens (including phenoxy) is 1. The summed E-state index contributed by atoms with van der Waals surface area (Å²) in [5.74, 6) is 0.226. The zero-order valence-electron chi connectivity index (χ0n) is 22.4. The lowest BCUT2D eigenvalue weighted by Gasteiger charge is -2.26. The molecule has 39 heavy (non-hydrogen) atoms. The summed E-state index contributed by atoms with van der Waals surface area (Å²) in [6.07, 6.45) is 0.370. The minimum atomic E-state index is -4.44. The number of nitrogens with two attached hydrogens (primary N) is 1. The number of aromatic nitrogens is 4. The van der Waals surface area contributed by atoms with Crippen LogP contribution in [0.3, 0.4) is 0 Å². The molecule has 0 bridgehead atoms. The van der Waals surface area contributed by atoms with Crippen molar-refractivity contribution in [3.63, 3.8) is 0 Å². The predicted molar refractivity (Wildman–Crippen MR) is 139 cm³/mol. The monoisotopic (exact) mass is 543 g/mol. The summed E-state index contributed by atoms with van der Waals surface area (Å²) in [6, 6.07) is 5.89. The zero-order valence-corrected chi connectivity index (χ0v) is 22.4. The molecule has 1 aliphatic heterocycles. The lowest BCUT2D eigenvalue weighted by atomic mass is 10.1. The Morgan fingerprint density at radius 1 is 1.21 bits per heavy atom. The molecule has 4 rings (SSSR count). The number of rotatable bonds is 4. The molecule has 0 radical (unpaired) electrons. The van der Waals surface area contributed by atoms with Crippen molar-refractivity contribution in [3.8, 4) is 17.3 Å². The van der Waals surface area contributed by atoms with Crippen LogP contribution in [-0.2, 0) is 17.5 Å². The van der Waals surface area contributed by atoms with E-state index in [4.69, 9.17) is 10.5 Å². The Labute approximate surface area is 224 Å². The van der Waals surface area contributed by atoms with Crippen LogP contribution in [0.25, 0.3) is 11.3 Å². The van der Waals surface area contributed by atoms with Crippen molar-refractivity contribution in [2.45, 2.75) is 71.3 Å². The minimum absolute atomic E-state index is 0.117. The molecule has 2 aromatic heterocycles. The van der Waals surface area contributed by atoms with Crippen molar-refractivity contribution in [2.75, 3.05) is 18.8 Å². The van der Waals surface area contributed by atoms with Crippen LogP contribution >= 0.6 is 0 Å². The van der Waals surface area contributed by atoms with Crippen LogP contribution in [0.2, 0.25) is 0 Å². The predicted octanol–water partition coefficient (Wildman–Crippen LogP) is 5.54. The molecular formula is C27H32F3N7O2. The van der Waals surface area contributed by atoms with Crippen LogP contribution in [0.4, 0.5) is 23.8 Å². The van der Waals surface area contributed by atoms with Crippen molar-refractivity contribution < 1.29 is 22.7 Å². The molecule has 1 amide bonds. The maximum atomic E-state index is 13.2. The summed E-state index contributed by atoms with van der Waals surface area (Å²) >= 11 is 0. The Morgan fingerprint density at radius 3 is 2.62 bits per heavy atom. The Morgan fingerprint density at radius 2 is 1.95 bits per heavy atom. The molecule has 2 N–H and O–H groups in total. The van der Waals surface area contributed by atoms with Gasteiger partial charge in [0, 0.05) is 24.8 Å². The van der Waals surface area contributed by atoms with Crippen LogP contribution < -0.4 is 5.73 Å². The molecule has 12 heteroatoms. The highest BCUT2D eigenvalue weighted by molar-refractivity contribution is 5.72. The molecule has 208 valence electrons. The average molecular weight is 544 g/mol. The van der Waals surface area contributed by atoms with Gasteiger partial charge in [0.15, 0.2) is 0 Å². The highest BCUT2D eigenvalue weighted by Crippen LogP contribution is 2.33. The number of carbonyl (C=O) groups excluding carboxylic acids is 1. The van der Waals surface area contributed by atoms with E-state index in [1.807, 2.05) is 20.8 Å². The number of alkyl halides is 3. The molecule has 0 aliphatic carbocycles. The summed E-state index contributed by atoms with van der Waals surface area (Å²) < 4.78 is 48.4. The number of hydrogen-bond donors (Lipinski definition) is 1. The quantitative estimate of drug-likeness (QED) is 0.462. The number of nitriles is 1. The average Bonchev–Trinajstić information content (AvgIpc) is 3.31. The van der Waals surface area contributed by atoms with E-state index in [0.717, 1.165) is 18.6 Å². The number of carbonyl (C=O) groups is 1. The number of amides is 1. The van der Waals surface area contributed by atoms with Crippen LogP contribution in [0.1, 0.15) is 68.3 Å². The Hall–Kier alpha value is -4.01. The first kappa shape index (κ1) is 28.0. The van der Waals surface area contributed by atoms with E-state index in [2.05, 4.69) is 16.3 Å². The summed E-state index contributed by atoms with van der Waals surface area (Å²) in [5, 5.41) is 18.8. The summed E-state index contributed by atoms with van der Waals surface area (Å²) in [7, 11) is 0. The van der Waals surface area contributed by atoms with Gasteiger partial charge in [-0.2, -0.15) is 28.6 Å². The van der Waals surface area contributed by atoms with Gasteiger partial charge < -0.3 is 15.4 Å². The highest BCUT2D eigenvalue weighted by atomic mass is 19.4. The topological polar surface area (TPSA) is 115 Å². The summed E-state index contributed by atoms with van der Waals surface area (Å²) in [4.78, 5) is 14.2. The number of benzene rings is 1. The van der Waals surface area contributed by atoms with Gasteiger partial charge in [0.25, 0.3) is 0 Å². The molecule has 1 fully saturated rings. The van der Waals surface area contributed by atoms with Gasteiger partial charge in [-0.25, -0.2) is 9.48 Å². The minimum Gasteiger partial charge on any atom is -0.444 e. The third-order valence-corrected chi connectivity index (χ3v) is 6.47. The second-order valence-corrected chi connectivity index (χ2v) is 10.8. The van der Waals surface area contributed by atoms with Crippen LogP contribution in [0.5, 0.6) is 0 Å². The summed E-state index contributed by atoms with van der Waals surface area (Å²) in [5.41, 5.74) is 7.10. The van der Waals surface area contributed by atoms with E-state index in [1.165, 1.54) is 10.9 Å². The van der Waals surface area contributed by atoms with E-state index in [-0.39, 0.29) is 30.1 Å². The number of hydrogen-bond acceptors (Lipinski definition) is 6. The third-order valence-electron chi connectivity index (χ3n) is 6.47. The lowest BCUT2D eigenvalue weighted by Crippen LogP contribution is -2.37. The molecule has 0 unspecified atom stereocenters. The fourth-order valence-corrected chi connectivity index (χ4v) is 4.75. The van der Waals surface area contributed by atoms with Gasteiger partial charge in [-0.15, -0.1) is 0 Å². The molecule has 0 spiro atoms. The molecule has 1 saturated heterocycles. The molecule has 0 saturated carbocycles. The van der Waals surface area contributed by atoms with Gasteiger partial charge in [-0.1, -0.05) is 11.6 Å². The number of aryl methyl sites for hydroxylation is 1. The van der Waals surface area contributed by atoms with Gasteiger partial charge in [-0.05, 0) is 64.7 Å². The van der Waals surface area contributed by atoms with E-state index < -0.39 is 17.3 Å². The molecule has 1 atom stereocenters. The molecule has 3 heterocycles. The van der Waals surface area contributed by atoms with Gasteiger partial charge in [0.1, 0.15) is 28.7 Å². The Bertz CT molecular complexity index is 1400. The number of nitrogen functional groups attached to an aromatic ring is 1. The maximum Gasteiger partial charge on any atom is 0.416 e. The number of halogens is 3. The number of likely N-dealkylation sites (tertiary alicyclic amines) is 1. The fourth-order valence-electron chi connectivity index (χ4n) is 4.75. The largest absolute Gasteiger partial charge is 0.444 e. The first-order chi connectivity index (χ1) is 18.2. The smallest absolute Gasteiger partial charge is 0.416 e. The fraction of sp³-hybridized carbons (Fsp3) is 0.481. The summed E-state index contributed by atoms with van der Waals surface area (Å²) in [6.45, 7) is 8.21. The van der Waals surface area contributed by atoms with Crippen molar-refractivity contribution >= 4 is 11.9 Å². The van der Waals surface area contributed by atoms with Gasteiger partial charge in [-0.3, -0.25) is 4.68 Å². The molecule has 1 aromatic carbocycles. The Balaban J connectivity index is 1.54. The molecule has 3 aromatic rings. The number of nitrogens with zero attached hydrogens (tertiary/aromatic N) is 6. The van der Waals surface area contributed by atoms with Gasteiger partial charge in [0.2, 0.25) is 0 Å². The second-order valence-electron chi connectivity index (χ2n) is 10.8. The molecular weight excluding hydrogens is 511 g/mol. The maximum absolute atomic E-state index is 13.2. The third kappa shape index (κ3) is 6.53. The van der Waals surface area contributed by atoms with Crippen molar-refractivity contribution in [3.05, 3.63) is 52.8 Å². The molecule has 9 nitrogen and oxygen atoms in total. The van der Waals surface area contributed by atoms with E-state index in [0.29, 0.717) is 48.3 Å². The van der Waals surface area contributed by atoms with E-state index >= 15 is 0 Å². The normalized spacial score (nSPS) is 16.6. The van der Waals surface area contributed by atoms with Gasteiger partial charge >= 0.3 is 12.3 Å². The van der Waals surface area contributed by atoms with Crippen LogP contribution in [0, 0.1) is 18.3 Å².